The quantitative estimate of drug-likeness (QED) is 0.547. The Morgan fingerprint density at radius 3 is 2.00 bits per heavy atom. The van der Waals surface area contributed by atoms with Crippen LogP contribution in [0.3, 0.4) is 0 Å². The van der Waals surface area contributed by atoms with Crippen LogP contribution in [0.25, 0.3) is 0 Å². The van der Waals surface area contributed by atoms with Crippen LogP contribution in [0.2, 0.25) is 0 Å². The van der Waals surface area contributed by atoms with Crippen molar-refractivity contribution in [2.24, 2.45) is 11.8 Å². The van der Waals surface area contributed by atoms with E-state index in [4.69, 9.17) is 0 Å². The van der Waals surface area contributed by atoms with Crippen LogP contribution in [0.5, 0.6) is 0 Å². The lowest BCUT2D eigenvalue weighted by Crippen LogP contribution is -2.16. The molecule has 0 radical (unpaired) electrons. The first-order valence-corrected chi connectivity index (χ1v) is 5.16. The van der Waals surface area contributed by atoms with Gasteiger partial charge in [-0.1, -0.05) is 18.9 Å². The molecule has 1 saturated heterocycles. The molecule has 2 atom stereocenters. The van der Waals surface area contributed by atoms with E-state index in [1.165, 1.54) is 38.8 Å². The van der Waals surface area contributed by atoms with Crippen LogP contribution in [0.1, 0.15) is 32.6 Å². The van der Waals surface area contributed by atoms with E-state index in [2.05, 4.69) is 11.9 Å². The Labute approximate surface area is 76.2 Å². The third kappa shape index (κ3) is 2.63. The molecule has 0 aromatic rings. The van der Waals surface area contributed by atoms with Gasteiger partial charge in [0.2, 0.25) is 0 Å². The Hall–Kier alpha value is -0.300. The first-order chi connectivity index (χ1) is 5.88. The molecule has 0 spiro atoms. The zero-order chi connectivity index (χ0) is 8.81. The molecule has 1 aliphatic carbocycles. The van der Waals surface area contributed by atoms with E-state index in [1.807, 2.05) is 6.92 Å². The number of rotatable bonds is 0. The molecule has 1 N–H and O–H groups in total. The molecule has 0 aromatic carbocycles. The van der Waals surface area contributed by atoms with Crippen molar-refractivity contribution in [2.75, 3.05) is 13.1 Å². The van der Waals surface area contributed by atoms with Gasteiger partial charge in [-0.2, -0.15) is 0 Å². The third-order valence-electron chi connectivity index (χ3n) is 2.88. The summed E-state index contributed by atoms with van der Waals surface area (Å²) < 4.78 is 0. The van der Waals surface area contributed by atoms with Crippen molar-refractivity contribution in [2.45, 2.75) is 32.6 Å². The van der Waals surface area contributed by atoms with Crippen molar-refractivity contribution < 1.29 is 0 Å². The van der Waals surface area contributed by atoms with Crippen LogP contribution in [0.15, 0.2) is 12.7 Å². The van der Waals surface area contributed by atoms with E-state index in [0.717, 1.165) is 11.8 Å². The highest BCUT2D eigenvalue weighted by Crippen LogP contribution is 2.31. The normalized spacial score (nSPS) is 33.1. The maximum atomic E-state index is 3.46. The van der Waals surface area contributed by atoms with Gasteiger partial charge < -0.3 is 5.32 Å². The molecule has 0 amide bonds. The summed E-state index contributed by atoms with van der Waals surface area (Å²) in [6.45, 7) is 7.87. The molecular formula is C11H21N. The smallest absolute Gasteiger partial charge is 0.00173 e. The van der Waals surface area contributed by atoms with Crippen LogP contribution in [-0.4, -0.2) is 13.1 Å². The average molecular weight is 167 g/mol. The Bertz CT molecular complexity index is 119. The number of hydrogen-bond acceptors (Lipinski definition) is 1. The van der Waals surface area contributed by atoms with E-state index < -0.39 is 0 Å². The van der Waals surface area contributed by atoms with Crippen molar-refractivity contribution >= 4 is 0 Å². The van der Waals surface area contributed by atoms with Gasteiger partial charge in [-0.05, 0) is 44.7 Å². The van der Waals surface area contributed by atoms with Gasteiger partial charge in [0.25, 0.3) is 0 Å². The summed E-state index contributed by atoms with van der Waals surface area (Å²) >= 11 is 0. The van der Waals surface area contributed by atoms with Crippen LogP contribution < -0.4 is 5.32 Å². The first kappa shape index (κ1) is 9.79. The lowest BCUT2D eigenvalue weighted by atomic mass is 9.82. The fraction of sp³-hybridized carbons (Fsp3) is 0.818. The van der Waals surface area contributed by atoms with E-state index in [0.29, 0.717) is 0 Å². The molecule has 1 heterocycles. The van der Waals surface area contributed by atoms with Gasteiger partial charge in [0.1, 0.15) is 0 Å². The van der Waals surface area contributed by atoms with E-state index in [9.17, 15) is 0 Å². The monoisotopic (exact) mass is 167 g/mol. The molecular weight excluding hydrogens is 146 g/mol. The topological polar surface area (TPSA) is 12.0 Å². The van der Waals surface area contributed by atoms with Crippen molar-refractivity contribution in [3.8, 4) is 0 Å². The summed E-state index contributed by atoms with van der Waals surface area (Å²) in [5, 5.41) is 3.46. The standard InChI is InChI=1S/C8H15N.C3H6/c1-2-4-8-6-9-5-7(8)3-1;1-3-2/h7-9H,1-6H2;3H,1H2,2H3. The van der Waals surface area contributed by atoms with Crippen molar-refractivity contribution in [3.05, 3.63) is 12.7 Å². The van der Waals surface area contributed by atoms with Crippen LogP contribution in [-0.2, 0) is 0 Å². The Kier molecular flexibility index (Phi) is 4.37. The maximum absolute atomic E-state index is 3.46. The molecule has 1 heteroatoms. The largest absolute Gasteiger partial charge is 0.316 e. The van der Waals surface area contributed by atoms with E-state index in [1.54, 1.807) is 6.08 Å². The highest BCUT2D eigenvalue weighted by Gasteiger charge is 2.28. The molecule has 12 heavy (non-hydrogen) atoms. The molecule has 70 valence electrons. The Morgan fingerprint density at radius 2 is 1.58 bits per heavy atom. The summed E-state index contributed by atoms with van der Waals surface area (Å²) in [5.41, 5.74) is 0. The van der Waals surface area contributed by atoms with Gasteiger partial charge in [0.15, 0.2) is 0 Å². The minimum Gasteiger partial charge on any atom is -0.316 e. The molecule has 1 saturated carbocycles. The van der Waals surface area contributed by atoms with Crippen molar-refractivity contribution in [1.29, 1.82) is 0 Å². The van der Waals surface area contributed by atoms with Crippen LogP contribution in [0.4, 0.5) is 0 Å². The molecule has 2 unspecified atom stereocenters. The second-order valence-corrected chi connectivity index (χ2v) is 3.87. The first-order valence-electron chi connectivity index (χ1n) is 5.16. The molecule has 0 aromatic heterocycles. The predicted molar refractivity (Wildman–Crippen MR) is 54.2 cm³/mol. The average Bonchev–Trinajstić information content (AvgIpc) is 2.52. The maximum Gasteiger partial charge on any atom is -0.00173 e. The molecule has 2 aliphatic rings. The summed E-state index contributed by atoms with van der Waals surface area (Å²) in [7, 11) is 0. The lowest BCUT2D eigenvalue weighted by Gasteiger charge is -2.23. The number of nitrogens with one attached hydrogen (secondary N) is 1. The van der Waals surface area contributed by atoms with Crippen LogP contribution >= 0.6 is 0 Å². The van der Waals surface area contributed by atoms with Crippen molar-refractivity contribution in [1.82, 2.24) is 5.32 Å². The third-order valence-corrected chi connectivity index (χ3v) is 2.88. The SMILES string of the molecule is C1CCC2CNCC2C1.C=CC. The Balaban J connectivity index is 0.000000213. The molecule has 1 aliphatic heterocycles. The van der Waals surface area contributed by atoms with Crippen LogP contribution in [0, 0.1) is 11.8 Å². The number of fused-ring (bicyclic) bond motifs is 1. The molecule has 0 bridgehead atoms. The minimum absolute atomic E-state index is 1.05. The van der Waals surface area contributed by atoms with Gasteiger partial charge in [-0.25, -0.2) is 0 Å². The van der Waals surface area contributed by atoms with Crippen molar-refractivity contribution in [3.63, 3.8) is 0 Å². The summed E-state index contributed by atoms with van der Waals surface area (Å²) in [6.07, 6.45) is 7.72. The minimum atomic E-state index is 1.05. The second-order valence-electron chi connectivity index (χ2n) is 3.87. The summed E-state index contributed by atoms with van der Waals surface area (Å²) in [4.78, 5) is 0. The Morgan fingerprint density at radius 1 is 1.17 bits per heavy atom. The summed E-state index contributed by atoms with van der Waals surface area (Å²) in [5.74, 6) is 2.11. The van der Waals surface area contributed by atoms with Gasteiger partial charge in [0, 0.05) is 0 Å². The number of hydrogen-bond donors (Lipinski definition) is 1. The van der Waals surface area contributed by atoms with Gasteiger partial charge in [0.05, 0.1) is 0 Å². The molecule has 1 nitrogen and oxygen atoms in total. The zero-order valence-electron chi connectivity index (χ0n) is 8.18. The van der Waals surface area contributed by atoms with Gasteiger partial charge in [-0.3, -0.25) is 0 Å². The molecule has 2 fully saturated rings. The lowest BCUT2D eigenvalue weighted by molar-refractivity contribution is 0.299. The highest BCUT2D eigenvalue weighted by atomic mass is 14.9. The van der Waals surface area contributed by atoms with E-state index in [-0.39, 0.29) is 0 Å². The summed E-state index contributed by atoms with van der Waals surface area (Å²) in [6, 6.07) is 0. The fourth-order valence-electron chi connectivity index (χ4n) is 2.28. The highest BCUT2D eigenvalue weighted by molar-refractivity contribution is 4.83. The number of allylic oxidation sites excluding steroid dienone is 1. The predicted octanol–water partition coefficient (Wildman–Crippen LogP) is 2.59. The molecule has 2 rings (SSSR count). The second kappa shape index (κ2) is 5.36. The van der Waals surface area contributed by atoms with Gasteiger partial charge >= 0.3 is 0 Å². The fourth-order valence-corrected chi connectivity index (χ4v) is 2.28. The zero-order valence-corrected chi connectivity index (χ0v) is 8.18. The van der Waals surface area contributed by atoms with Gasteiger partial charge in [-0.15, -0.1) is 6.58 Å². The van der Waals surface area contributed by atoms with E-state index >= 15 is 0 Å².